The Morgan fingerprint density at radius 2 is 2.14 bits per heavy atom. The Labute approximate surface area is 130 Å². The van der Waals surface area contributed by atoms with E-state index in [4.69, 9.17) is 4.74 Å². The van der Waals surface area contributed by atoms with Crippen molar-refractivity contribution in [3.63, 3.8) is 0 Å². The van der Waals surface area contributed by atoms with Crippen LogP contribution < -0.4 is 0 Å². The molecular formula is C15H13N5OS. The molecule has 0 radical (unpaired) electrons. The zero-order chi connectivity index (χ0) is 14.9. The van der Waals surface area contributed by atoms with E-state index in [0.717, 1.165) is 29.1 Å². The number of aromatic nitrogens is 2. The molecule has 0 unspecified atom stereocenters. The van der Waals surface area contributed by atoms with E-state index < -0.39 is 0 Å². The SMILES string of the molecule is N#Cc1sc2nc3ccccc3n2c1N=CN1CCOCC1. The molecule has 1 aromatic carbocycles. The van der Waals surface area contributed by atoms with Crippen LogP contribution in [0.25, 0.3) is 16.0 Å². The maximum absolute atomic E-state index is 9.36. The van der Waals surface area contributed by atoms with Crippen LogP contribution in [0, 0.1) is 11.3 Å². The molecule has 3 heterocycles. The minimum Gasteiger partial charge on any atom is -0.378 e. The zero-order valence-electron chi connectivity index (χ0n) is 11.8. The highest BCUT2D eigenvalue weighted by molar-refractivity contribution is 7.18. The van der Waals surface area contributed by atoms with Crippen molar-refractivity contribution in [3.05, 3.63) is 29.1 Å². The summed E-state index contributed by atoms with van der Waals surface area (Å²) >= 11 is 1.37. The Morgan fingerprint density at radius 3 is 2.95 bits per heavy atom. The number of aliphatic imine (C=N–C) groups is 1. The summed E-state index contributed by atoms with van der Waals surface area (Å²) in [5.41, 5.74) is 1.89. The molecule has 1 aliphatic rings. The van der Waals surface area contributed by atoms with Gasteiger partial charge in [0, 0.05) is 13.1 Å². The molecule has 0 aliphatic carbocycles. The van der Waals surface area contributed by atoms with Gasteiger partial charge in [0.05, 0.1) is 30.6 Å². The average molecular weight is 311 g/mol. The molecule has 2 aromatic heterocycles. The number of benzene rings is 1. The Kier molecular flexibility index (Phi) is 3.25. The van der Waals surface area contributed by atoms with E-state index in [1.165, 1.54) is 11.3 Å². The predicted octanol–water partition coefficient (Wildman–Crippen LogP) is 2.41. The number of para-hydroxylation sites is 2. The molecule has 0 saturated carbocycles. The van der Waals surface area contributed by atoms with E-state index in [1.54, 1.807) is 6.34 Å². The number of fused-ring (bicyclic) bond motifs is 3. The van der Waals surface area contributed by atoms with Gasteiger partial charge in [-0.25, -0.2) is 9.98 Å². The predicted molar refractivity (Wildman–Crippen MR) is 85.8 cm³/mol. The number of rotatable bonds is 2. The Bertz CT molecular complexity index is 898. The normalized spacial score (nSPS) is 15.9. The Hall–Kier alpha value is -2.43. The average Bonchev–Trinajstić information content (AvgIpc) is 3.09. The van der Waals surface area contributed by atoms with Crippen molar-refractivity contribution in [1.82, 2.24) is 14.3 Å². The van der Waals surface area contributed by atoms with Crippen molar-refractivity contribution in [3.8, 4) is 6.07 Å². The summed E-state index contributed by atoms with van der Waals surface area (Å²) in [5, 5.41) is 9.36. The summed E-state index contributed by atoms with van der Waals surface area (Å²) in [7, 11) is 0. The third-order valence-corrected chi connectivity index (χ3v) is 4.56. The van der Waals surface area contributed by atoms with Gasteiger partial charge in [0.15, 0.2) is 15.7 Å². The van der Waals surface area contributed by atoms with Crippen molar-refractivity contribution in [1.29, 1.82) is 5.26 Å². The molecule has 7 heteroatoms. The third-order valence-electron chi connectivity index (χ3n) is 3.63. The number of morpholine rings is 1. The maximum Gasteiger partial charge on any atom is 0.197 e. The molecule has 0 atom stereocenters. The minimum atomic E-state index is 0.581. The number of nitriles is 1. The quantitative estimate of drug-likeness (QED) is 0.538. The molecule has 1 fully saturated rings. The smallest absolute Gasteiger partial charge is 0.197 e. The second-order valence-electron chi connectivity index (χ2n) is 4.98. The summed E-state index contributed by atoms with van der Waals surface area (Å²) in [6.45, 7) is 3.07. The molecule has 4 rings (SSSR count). The fraction of sp³-hybridized carbons (Fsp3) is 0.267. The van der Waals surface area contributed by atoms with E-state index in [-0.39, 0.29) is 0 Å². The number of hydrogen-bond acceptors (Lipinski definition) is 5. The molecule has 1 aliphatic heterocycles. The third kappa shape index (κ3) is 2.13. The van der Waals surface area contributed by atoms with Crippen molar-refractivity contribution >= 4 is 39.5 Å². The van der Waals surface area contributed by atoms with E-state index in [0.29, 0.717) is 23.9 Å². The van der Waals surface area contributed by atoms with Gasteiger partial charge in [0.1, 0.15) is 6.07 Å². The first-order chi connectivity index (χ1) is 10.9. The monoisotopic (exact) mass is 311 g/mol. The molecule has 0 N–H and O–H groups in total. The summed E-state index contributed by atoms with van der Waals surface area (Å²) in [6, 6.07) is 10.1. The van der Waals surface area contributed by atoms with E-state index >= 15 is 0 Å². The van der Waals surface area contributed by atoms with Crippen LogP contribution >= 0.6 is 11.3 Å². The Balaban J connectivity index is 1.83. The van der Waals surface area contributed by atoms with Gasteiger partial charge in [-0.15, -0.1) is 0 Å². The lowest BCUT2D eigenvalue weighted by Crippen LogP contribution is -2.35. The van der Waals surface area contributed by atoms with Gasteiger partial charge in [-0.3, -0.25) is 4.40 Å². The molecule has 3 aromatic rings. The van der Waals surface area contributed by atoms with Crippen molar-refractivity contribution < 1.29 is 4.74 Å². The molecule has 0 spiro atoms. The van der Waals surface area contributed by atoms with Gasteiger partial charge in [0.25, 0.3) is 0 Å². The largest absolute Gasteiger partial charge is 0.378 e. The molecular weight excluding hydrogens is 298 g/mol. The van der Waals surface area contributed by atoms with Crippen LogP contribution in [0.4, 0.5) is 5.82 Å². The topological polar surface area (TPSA) is 65.9 Å². The van der Waals surface area contributed by atoms with Gasteiger partial charge in [-0.2, -0.15) is 5.26 Å². The van der Waals surface area contributed by atoms with Crippen molar-refractivity contribution in [2.24, 2.45) is 4.99 Å². The number of ether oxygens (including phenoxy) is 1. The summed E-state index contributed by atoms with van der Waals surface area (Å²) < 4.78 is 7.28. The lowest BCUT2D eigenvalue weighted by Gasteiger charge is -2.24. The van der Waals surface area contributed by atoms with E-state index in [1.807, 2.05) is 28.7 Å². The number of imidazole rings is 1. The fourth-order valence-corrected chi connectivity index (χ4v) is 3.42. The summed E-state index contributed by atoms with van der Waals surface area (Å²) in [4.78, 5) is 12.6. The number of thiazole rings is 1. The first-order valence-electron chi connectivity index (χ1n) is 7.03. The highest BCUT2D eigenvalue weighted by Gasteiger charge is 2.16. The molecule has 6 nitrogen and oxygen atoms in total. The van der Waals surface area contributed by atoms with Crippen molar-refractivity contribution in [2.75, 3.05) is 26.3 Å². The standard InChI is InChI=1S/C15H13N5OS/c16-9-13-14(17-10-19-5-7-21-8-6-19)20-12-4-2-1-3-11(12)18-15(20)22-13/h1-4,10H,5-8H2. The Morgan fingerprint density at radius 1 is 1.32 bits per heavy atom. The molecule has 22 heavy (non-hydrogen) atoms. The maximum atomic E-state index is 9.36. The van der Waals surface area contributed by atoms with Crippen LogP contribution in [0.15, 0.2) is 29.3 Å². The number of nitrogens with zero attached hydrogens (tertiary/aromatic N) is 5. The highest BCUT2D eigenvalue weighted by atomic mass is 32.1. The second kappa shape index (κ2) is 5.40. The molecule has 0 amide bonds. The van der Waals surface area contributed by atoms with Crippen LogP contribution in [-0.4, -0.2) is 46.9 Å². The molecule has 1 saturated heterocycles. The minimum absolute atomic E-state index is 0.581. The van der Waals surface area contributed by atoms with Crippen LogP contribution in [0.2, 0.25) is 0 Å². The van der Waals surface area contributed by atoms with Gasteiger partial charge in [-0.1, -0.05) is 23.5 Å². The fourth-order valence-electron chi connectivity index (χ4n) is 2.53. The molecule has 0 bridgehead atoms. The van der Waals surface area contributed by atoms with Gasteiger partial charge >= 0.3 is 0 Å². The van der Waals surface area contributed by atoms with Crippen LogP contribution in [0.1, 0.15) is 4.88 Å². The van der Waals surface area contributed by atoms with Gasteiger partial charge < -0.3 is 9.64 Å². The zero-order valence-corrected chi connectivity index (χ0v) is 12.6. The van der Waals surface area contributed by atoms with Crippen LogP contribution in [0.3, 0.4) is 0 Å². The lowest BCUT2D eigenvalue weighted by atomic mass is 10.3. The summed E-state index contributed by atoms with van der Waals surface area (Å²) in [6.07, 6.45) is 1.81. The number of hydrogen-bond donors (Lipinski definition) is 0. The second-order valence-corrected chi connectivity index (χ2v) is 5.96. The van der Waals surface area contributed by atoms with Crippen LogP contribution in [-0.2, 0) is 4.74 Å². The van der Waals surface area contributed by atoms with Gasteiger partial charge in [-0.05, 0) is 12.1 Å². The van der Waals surface area contributed by atoms with E-state index in [9.17, 15) is 5.26 Å². The first kappa shape index (κ1) is 13.2. The first-order valence-corrected chi connectivity index (χ1v) is 7.84. The molecule has 110 valence electrons. The lowest BCUT2D eigenvalue weighted by molar-refractivity contribution is 0.0701. The van der Waals surface area contributed by atoms with Crippen LogP contribution in [0.5, 0.6) is 0 Å². The summed E-state index contributed by atoms with van der Waals surface area (Å²) in [5.74, 6) is 0.655. The van der Waals surface area contributed by atoms with Gasteiger partial charge in [0.2, 0.25) is 0 Å². The highest BCUT2D eigenvalue weighted by Crippen LogP contribution is 2.32. The van der Waals surface area contributed by atoms with E-state index in [2.05, 4.69) is 20.9 Å². The van der Waals surface area contributed by atoms with Crippen molar-refractivity contribution in [2.45, 2.75) is 0 Å².